The van der Waals surface area contributed by atoms with Gasteiger partial charge in [-0.2, -0.15) is 0 Å². The molecule has 23 heavy (non-hydrogen) atoms. The van der Waals surface area contributed by atoms with Crippen molar-refractivity contribution in [3.63, 3.8) is 0 Å². The molecule has 0 aromatic heterocycles. The molecule has 1 aromatic carbocycles. The fraction of sp³-hybridized carbons (Fsp3) is 0.267. The number of aliphatic carboxylic acids is 1. The Morgan fingerprint density at radius 3 is 2.83 bits per heavy atom. The van der Waals surface area contributed by atoms with E-state index in [9.17, 15) is 19.8 Å². The first-order valence-electron chi connectivity index (χ1n) is 6.74. The number of benzene rings is 1. The van der Waals surface area contributed by atoms with E-state index in [1.165, 1.54) is 13.2 Å². The molecule has 0 radical (unpaired) electrons. The highest BCUT2D eigenvalue weighted by molar-refractivity contribution is 8.26. The van der Waals surface area contributed by atoms with E-state index >= 15 is 0 Å². The molecule has 0 aliphatic carbocycles. The number of amides is 1. The van der Waals surface area contributed by atoms with E-state index in [4.69, 9.17) is 17.0 Å². The summed E-state index contributed by atoms with van der Waals surface area (Å²) in [6.45, 7) is 1.65. The lowest BCUT2D eigenvalue weighted by atomic mass is 10.1. The molecule has 122 valence electrons. The maximum atomic E-state index is 12.4. The first-order valence-corrected chi connectivity index (χ1v) is 7.96. The molecular formula is C15H14NO5S2-. The minimum Gasteiger partial charge on any atom is -0.548 e. The molecule has 0 bridgehead atoms. The summed E-state index contributed by atoms with van der Waals surface area (Å²) in [4.78, 5) is 25.0. The van der Waals surface area contributed by atoms with Crippen LogP contribution < -0.4 is 9.84 Å². The highest BCUT2D eigenvalue weighted by Crippen LogP contribution is 2.35. The van der Waals surface area contributed by atoms with Crippen molar-refractivity contribution in [1.82, 2.24) is 4.90 Å². The zero-order valence-electron chi connectivity index (χ0n) is 12.4. The summed E-state index contributed by atoms with van der Waals surface area (Å²) in [5.41, 5.74) is 0.627. The highest BCUT2D eigenvalue weighted by atomic mass is 32.2. The van der Waals surface area contributed by atoms with Crippen LogP contribution in [0.2, 0.25) is 0 Å². The van der Waals surface area contributed by atoms with Crippen molar-refractivity contribution in [2.24, 2.45) is 0 Å². The third-order valence-corrected chi connectivity index (χ3v) is 4.63. The second kappa shape index (κ2) is 7.01. The number of rotatable bonds is 5. The fourth-order valence-electron chi connectivity index (χ4n) is 2.14. The minimum absolute atomic E-state index is 0.0137. The van der Waals surface area contributed by atoms with E-state index in [-0.39, 0.29) is 22.2 Å². The number of aromatic hydroxyl groups is 1. The number of carboxylic acid groups (broad SMARTS) is 1. The maximum Gasteiger partial charge on any atom is 0.266 e. The number of ether oxygens (including phenoxy) is 1. The number of phenolic OH excluding ortho intramolecular Hbond substituents is 1. The minimum atomic E-state index is -1.34. The molecule has 1 amide bonds. The largest absolute Gasteiger partial charge is 0.548 e. The summed E-state index contributed by atoms with van der Waals surface area (Å²) in [5.74, 6) is -1.55. The molecule has 1 aromatic rings. The Labute approximate surface area is 142 Å². The van der Waals surface area contributed by atoms with Gasteiger partial charge >= 0.3 is 0 Å². The van der Waals surface area contributed by atoms with Crippen molar-refractivity contribution >= 4 is 46.3 Å². The number of thiocarbonyl (C=S) groups is 1. The molecule has 0 unspecified atom stereocenters. The third kappa shape index (κ3) is 3.48. The lowest BCUT2D eigenvalue weighted by molar-refractivity contribution is -0.310. The van der Waals surface area contributed by atoms with Crippen molar-refractivity contribution in [1.29, 1.82) is 0 Å². The highest BCUT2D eigenvalue weighted by Gasteiger charge is 2.37. The van der Waals surface area contributed by atoms with E-state index < -0.39 is 17.9 Å². The predicted octanol–water partition coefficient (Wildman–Crippen LogP) is 1.13. The van der Waals surface area contributed by atoms with Crippen LogP contribution in [-0.4, -0.2) is 39.4 Å². The van der Waals surface area contributed by atoms with Gasteiger partial charge in [0.25, 0.3) is 5.91 Å². The SMILES string of the molecule is CC[C@H](C(=O)[O-])N1C(=O)/C(=C\c2ccc(O)c(OC)c2)SC1=S. The van der Waals surface area contributed by atoms with Gasteiger partial charge in [0.2, 0.25) is 0 Å². The summed E-state index contributed by atoms with van der Waals surface area (Å²) < 4.78 is 5.20. The second-order valence-electron chi connectivity index (χ2n) is 4.73. The monoisotopic (exact) mass is 352 g/mol. The number of hydrogen-bond donors (Lipinski definition) is 1. The molecule has 1 heterocycles. The topological polar surface area (TPSA) is 89.9 Å². The first kappa shape index (κ1) is 17.3. The van der Waals surface area contributed by atoms with Crippen LogP contribution in [0.3, 0.4) is 0 Å². The van der Waals surface area contributed by atoms with Gasteiger partial charge in [-0.1, -0.05) is 37.0 Å². The Morgan fingerprint density at radius 2 is 2.26 bits per heavy atom. The zero-order valence-corrected chi connectivity index (χ0v) is 14.1. The average molecular weight is 352 g/mol. The maximum absolute atomic E-state index is 12.4. The summed E-state index contributed by atoms with van der Waals surface area (Å²) in [5, 5.41) is 20.7. The molecule has 0 saturated carbocycles. The number of carbonyl (C=O) groups excluding carboxylic acids is 2. The van der Waals surface area contributed by atoms with Gasteiger partial charge in [0.05, 0.1) is 24.0 Å². The predicted molar refractivity (Wildman–Crippen MR) is 88.8 cm³/mol. The summed E-state index contributed by atoms with van der Waals surface area (Å²) in [6, 6.07) is 3.54. The molecule has 1 aliphatic rings. The van der Waals surface area contributed by atoms with E-state index in [0.29, 0.717) is 10.5 Å². The Bertz CT molecular complexity index is 701. The van der Waals surface area contributed by atoms with Crippen molar-refractivity contribution < 1.29 is 24.5 Å². The van der Waals surface area contributed by atoms with Crippen LogP contribution in [0.1, 0.15) is 18.9 Å². The lowest BCUT2D eigenvalue weighted by Gasteiger charge is -2.26. The van der Waals surface area contributed by atoms with Gasteiger partial charge in [-0.25, -0.2) is 0 Å². The Hall–Kier alpha value is -2.06. The van der Waals surface area contributed by atoms with Crippen molar-refractivity contribution in [2.75, 3.05) is 7.11 Å². The summed E-state index contributed by atoms with van der Waals surface area (Å²) in [7, 11) is 1.42. The number of methoxy groups -OCH3 is 1. The standard InChI is InChI=1S/C15H15NO5S2/c1-3-9(14(19)20)16-13(18)12(23-15(16)22)7-8-4-5-10(17)11(6-8)21-2/h4-7,9,17H,3H2,1-2H3,(H,19,20)/p-1/b12-7+/t9-/m1/s1. The van der Waals surface area contributed by atoms with Gasteiger partial charge in [-0.3, -0.25) is 9.69 Å². The second-order valence-corrected chi connectivity index (χ2v) is 6.40. The summed E-state index contributed by atoms with van der Waals surface area (Å²) in [6.07, 6.45) is 1.78. The Balaban J connectivity index is 2.33. The van der Waals surface area contributed by atoms with Gasteiger partial charge in [0, 0.05) is 0 Å². The zero-order chi connectivity index (χ0) is 17.1. The Kier molecular flexibility index (Phi) is 5.27. The van der Waals surface area contributed by atoms with Crippen molar-refractivity contribution in [3.8, 4) is 11.5 Å². The molecule has 8 heteroatoms. The van der Waals surface area contributed by atoms with Gasteiger partial charge in [-0.05, 0) is 30.2 Å². The van der Waals surface area contributed by atoms with Gasteiger partial charge in [0.15, 0.2) is 11.5 Å². The van der Waals surface area contributed by atoms with Crippen LogP contribution >= 0.6 is 24.0 Å². The van der Waals surface area contributed by atoms with Crippen molar-refractivity contribution in [3.05, 3.63) is 28.7 Å². The van der Waals surface area contributed by atoms with E-state index in [0.717, 1.165) is 16.7 Å². The number of carboxylic acids is 1. The lowest BCUT2D eigenvalue weighted by Crippen LogP contribution is -2.49. The van der Waals surface area contributed by atoms with E-state index in [1.54, 1.807) is 25.1 Å². The number of hydrogen-bond acceptors (Lipinski definition) is 7. The molecule has 2 rings (SSSR count). The number of thioether (sulfide) groups is 1. The normalized spacial score (nSPS) is 17.7. The van der Waals surface area contributed by atoms with Gasteiger partial charge in [-0.15, -0.1) is 0 Å². The Morgan fingerprint density at radius 1 is 1.57 bits per heavy atom. The number of carbonyl (C=O) groups is 2. The molecule has 1 fully saturated rings. The molecular weight excluding hydrogens is 338 g/mol. The van der Waals surface area contributed by atoms with E-state index in [1.807, 2.05) is 0 Å². The molecule has 1 aliphatic heterocycles. The smallest absolute Gasteiger partial charge is 0.266 e. The molecule has 0 spiro atoms. The van der Waals surface area contributed by atoms with Crippen LogP contribution in [0.4, 0.5) is 0 Å². The summed E-state index contributed by atoms with van der Waals surface area (Å²) >= 11 is 6.14. The van der Waals surface area contributed by atoms with E-state index in [2.05, 4.69) is 0 Å². The first-order chi connectivity index (χ1) is 10.9. The van der Waals surface area contributed by atoms with Crippen molar-refractivity contribution in [2.45, 2.75) is 19.4 Å². The fourth-order valence-corrected chi connectivity index (χ4v) is 3.50. The quantitative estimate of drug-likeness (QED) is 0.627. The third-order valence-electron chi connectivity index (χ3n) is 3.30. The number of phenols is 1. The van der Waals surface area contributed by atoms with Crippen LogP contribution in [0.15, 0.2) is 23.1 Å². The molecule has 1 atom stereocenters. The molecule has 1 saturated heterocycles. The number of nitrogens with zero attached hydrogens (tertiary/aromatic N) is 1. The van der Waals surface area contributed by atoms with Crippen LogP contribution in [-0.2, 0) is 9.59 Å². The average Bonchev–Trinajstić information content (AvgIpc) is 2.77. The molecule has 6 nitrogen and oxygen atoms in total. The van der Waals surface area contributed by atoms with Gasteiger partial charge in [0.1, 0.15) is 4.32 Å². The van der Waals surface area contributed by atoms with Gasteiger partial charge < -0.3 is 19.7 Å². The van der Waals surface area contributed by atoms with Crippen LogP contribution in [0.25, 0.3) is 6.08 Å². The molecule has 1 N–H and O–H groups in total. The van der Waals surface area contributed by atoms with Crippen LogP contribution in [0, 0.1) is 0 Å². The van der Waals surface area contributed by atoms with Crippen LogP contribution in [0.5, 0.6) is 11.5 Å².